The van der Waals surface area contributed by atoms with E-state index in [1.165, 1.54) is 5.01 Å². The lowest BCUT2D eigenvalue weighted by molar-refractivity contribution is 0.516. The fourth-order valence-corrected chi connectivity index (χ4v) is 0.301. The smallest absolute Gasteiger partial charge is 0.135 e. The van der Waals surface area contributed by atoms with Gasteiger partial charge in [-0.15, -0.1) is 0 Å². The van der Waals surface area contributed by atoms with Gasteiger partial charge in [0.1, 0.15) is 5.84 Å². The molecular formula is C6H16N4. The van der Waals surface area contributed by atoms with Crippen molar-refractivity contribution < 1.29 is 0 Å². The third kappa shape index (κ3) is 4.14. The molecule has 60 valence electrons. The van der Waals surface area contributed by atoms with Crippen molar-refractivity contribution in [3.8, 4) is 0 Å². The molecule has 0 saturated carbocycles. The molecule has 0 saturated heterocycles. The minimum Gasteiger partial charge on any atom is -0.306 e. The molecule has 0 radical (unpaired) electrons. The first-order chi connectivity index (χ1) is 4.54. The standard InChI is InChI=1S/C6H16N4/c1-5(2)8-9-6(3)10(4)7/h5,8H,7H2,1-4H3/b9-6-. The second-order valence-electron chi connectivity index (χ2n) is 2.55. The maximum atomic E-state index is 5.38. The first-order valence-corrected chi connectivity index (χ1v) is 3.32. The molecule has 0 aromatic carbocycles. The number of hydrazine groups is 1. The Morgan fingerprint density at radius 1 is 1.60 bits per heavy atom. The van der Waals surface area contributed by atoms with E-state index in [9.17, 15) is 0 Å². The van der Waals surface area contributed by atoms with E-state index in [0.29, 0.717) is 6.04 Å². The van der Waals surface area contributed by atoms with Gasteiger partial charge in [0.2, 0.25) is 0 Å². The molecule has 0 bridgehead atoms. The third-order valence-corrected chi connectivity index (χ3v) is 0.995. The van der Waals surface area contributed by atoms with Gasteiger partial charge in [-0.3, -0.25) is 0 Å². The highest BCUT2D eigenvalue weighted by atomic mass is 15.5. The molecule has 0 rings (SSSR count). The number of nitrogens with one attached hydrogen (secondary N) is 1. The van der Waals surface area contributed by atoms with Crippen LogP contribution in [0.1, 0.15) is 20.8 Å². The van der Waals surface area contributed by atoms with E-state index in [-0.39, 0.29) is 0 Å². The number of hydrogen-bond donors (Lipinski definition) is 2. The van der Waals surface area contributed by atoms with Crippen LogP contribution in [-0.2, 0) is 0 Å². The van der Waals surface area contributed by atoms with Gasteiger partial charge in [-0.2, -0.15) is 5.10 Å². The van der Waals surface area contributed by atoms with Gasteiger partial charge in [0.25, 0.3) is 0 Å². The molecule has 0 unspecified atom stereocenters. The molecule has 0 amide bonds. The molecule has 3 N–H and O–H groups in total. The van der Waals surface area contributed by atoms with Gasteiger partial charge in [-0.05, 0) is 20.8 Å². The lowest BCUT2D eigenvalue weighted by atomic mass is 10.4. The topological polar surface area (TPSA) is 53.7 Å². The lowest BCUT2D eigenvalue weighted by Gasteiger charge is -2.11. The summed E-state index contributed by atoms with van der Waals surface area (Å²) in [6.07, 6.45) is 0. The molecule has 0 spiro atoms. The van der Waals surface area contributed by atoms with Crippen molar-refractivity contribution in [3.63, 3.8) is 0 Å². The highest BCUT2D eigenvalue weighted by Gasteiger charge is 1.92. The summed E-state index contributed by atoms with van der Waals surface area (Å²) < 4.78 is 0. The van der Waals surface area contributed by atoms with Crippen molar-refractivity contribution in [2.45, 2.75) is 26.8 Å². The maximum absolute atomic E-state index is 5.38. The SMILES string of the molecule is C/C(=N/NC(C)C)N(C)N. The van der Waals surface area contributed by atoms with E-state index >= 15 is 0 Å². The van der Waals surface area contributed by atoms with E-state index in [4.69, 9.17) is 5.84 Å². The van der Waals surface area contributed by atoms with E-state index in [1.807, 2.05) is 20.8 Å². The molecular weight excluding hydrogens is 128 g/mol. The normalized spacial score (nSPS) is 12.0. The Balaban J connectivity index is 3.69. The van der Waals surface area contributed by atoms with Gasteiger partial charge in [0, 0.05) is 13.1 Å². The van der Waals surface area contributed by atoms with Gasteiger partial charge in [-0.25, -0.2) is 5.84 Å². The number of amidine groups is 1. The van der Waals surface area contributed by atoms with Crippen LogP contribution in [0.5, 0.6) is 0 Å². The average Bonchev–Trinajstić information content (AvgIpc) is 1.82. The Hall–Kier alpha value is -0.770. The predicted molar refractivity (Wildman–Crippen MR) is 43.3 cm³/mol. The molecule has 4 heteroatoms. The Morgan fingerprint density at radius 2 is 2.10 bits per heavy atom. The van der Waals surface area contributed by atoms with Crippen LogP contribution in [0, 0.1) is 0 Å². The van der Waals surface area contributed by atoms with E-state index in [0.717, 1.165) is 5.84 Å². The zero-order chi connectivity index (χ0) is 8.15. The number of hydrogen-bond acceptors (Lipinski definition) is 3. The van der Waals surface area contributed by atoms with Crippen LogP contribution in [0.4, 0.5) is 0 Å². The van der Waals surface area contributed by atoms with Gasteiger partial charge >= 0.3 is 0 Å². The number of hydrazone groups is 1. The third-order valence-electron chi connectivity index (χ3n) is 0.995. The minimum atomic E-state index is 0.356. The monoisotopic (exact) mass is 144 g/mol. The molecule has 0 heterocycles. The number of nitrogens with two attached hydrogens (primary N) is 1. The fourth-order valence-electron chi connectivity index (χ4n) is 0.301. The van der Waals surface area contributed by atoms with Crippen molar-refractivity contribution in [1.82, 2.24) is 10.4 Å². The second kappa shape index (κ2) is 4.11. The highest BCUT2D eigenvalue weighted by Crippen LogP contribution is 1.79. The summed E-state index contributed by atoms with van der Waals surface area (Å²) in [5, 5.41) is 5.46. The molecule has 0 aliphatic heterocycles. The van der Waals surface area contributed by atoms with Crippen LogP contribution in [0.25, 0.3) is 0 Å². The zero-order valence-electron chi connectivity index (χ0n) is 7.05. The van der Waals surface area contributed by atoms with Crippen molar-refractivity contribution in [2.24, 2.45) is 10.9 Å². The summed E-state index contributed by atoms with van der Waals surface area (Å²) in [5.74, 6) is 6.16. The van der Waals surface area contributed by atoms with Gasteiger partial charge in [0.05, 0.1) is 0 Å². The molecule has 0 aromatic heterocycles. The summed E-state index contributed by atoms with van der Waals surface area (Å²) in [6.45, 7) is 5.88. The Labute approximate surface area is 62.0 Å². The Bertz CT molecular complexity index is 117. The van der Waals surface area contributed by atoms with Crippen molar-refractivity contribution in [1.29, 1.82) is 0 Å². The Morgan fingerprint density at radius 3 is 2.40 bits per heavy atom. The largest absolute Gasteiger partial charge is 0.306 e. The summed E-state index contributed by atoms with van der Waals surface area (Å²) in [4.78, 5) is 0. The second-order valence-corrected chi connectivity index (χ2v) is 2.55. The van der Waals surface area contributed by atoms with Crippen LogP contribution >= 0.6 is 0 Å². The van der Waals surface area contributed by atoms with E-state index in [1.54, 1.807) is 7.05 Å². The zero-order valence-corrected chi connectivity index (χ0v) is 7.05. The molecule has 0 aromatic rings. The quantitative estimate of drug-likeness (QED) is 0.250. The average molecular weight is 144 g/mol. The summed E-state index contributed by atoms with van der Waals surface area (Å²) in [7, 11) is 1.75. The van der Waals surface area contributed by atoms with Gasteiger partial charge in [-0.1, -0.05) is 0 Å². The minimum absolute atomic E-state index is 0.356. The van der Waals surface area contributed by atoms with Crippen LogP contribution in [0.2, 0.25) is 0 Å². The van der Waals surface area contributed by atoms with Crippen LogP contribution in [0.3, 0.4) is 0 Å². The van der Waals surface area contributed by atoms with Gasteiger partial charge in [0.15, 0.2) is 0 Å². The van der Waals surface area contributed by atoms with Crippen molar-refractivity contribution in [2.75, 3.05) is 7.05 Å². The summed E-state index contributed by atoms with van der Waals surface area (Å²) >= 11 is 0. The van der Waals surface area contributed by atoms with Crippen LogP contribution < -0.4 is 11.3 Å². The van der Waals surface area contributed by atoms with Crippen molar-refractivity contribution >= 4 is 5.84 Å². The van der Waals surface area contributed by atoms with E-state index in [2.05, 4.69) is 10.5 Å². The maximum Gasteiger partial charge on any atom is 0.135 e. The van der Waals surface area contributed by atoms with E-state index < -0.39 is 0 Å². The predicted octanol–water partition coefficient (Wildman–Crippen LogP) is 0.123. The number of nitrogens with zero attached hydrogens (tertiary/aromatic N) is 2. The molecule has 0 atom stereocenters. The summed E-state index contributed by atoms with van der Waals surface area (Å²) in [5.41, 5.74) is 2.89. The number of rotatable bonds is 2. The molecule has 0 fully saturated rings. The van der Waals surface area contributed by atoms with Gasteiger partial charge < -0.3 is 10.4 Å². The van der Waals surface area contributed by atoms with Crippen LogP contribution in [-0.4, -0.2) is 23.9 Å². The molecule has 0 aliphatic rings. The molecule has 10 heavy (non-hydrogen) atoms. The highest BCUT2D eigenvalue weighted by molar-refractivity contribution is 5.78. The molecule has 0 aliphatic carbocycles. The van der Waals surface area contributed by atoms with Crippen molar-refractivity contribution in [3.05, 3.63) is 0 Å². The molecule has 4 nitrogen and oxygen atoms in total. The van der Waals surface area contributed by atoms with Crippen LogP contribution in [0.15, 0.2) is 5.10 Å². The Kier molecular flexibility index (Phi) is 3.79. The lowest BCUT2D eigenvalue weighted by Crippen LogP contribution is -2.33. The first kappa shape index (κ1) is 9.23. The first-order valence-electron chi connectivity index (χ1n) is 3.32. The summed E-state index contributed by atoms with van der Waals surface area (Å²) in [6, 6.07) is 0.356. The fraction of sp³-hybridized carbons (Fsp3) is 0.833.